The van der Waals surface area contributed by atoms with Crippen LogP contribution < -0.4 is 5.32 Å². The van der Waals surface area contributed by atoms with Crippen molar-refractivity contribution in [3.8, 4) is 0 Å². The smallest absolute Gasteiger partial charge is 0.0828 e. The lowest BCUT2D eigenvalue weighted by molar-refractivity contribution is -0.0945. The summed E-state index contributed by atoms with van der Waals surface area (Å²) in [5.41, 5.74) is 1.38. The molecule has 1 unspecified atom stereocenters. The lowest BCUT2D eigenvalue weighted by atomic mass is 9.75. The first-order chi connectivity index (χ1) is 9.75. The van der Waals surface area contributed by atoms with Crippen LogP contribution in [0.2, 0.25) is 0 Å². The highest BCUT2D eigenvalue weighted by molar-refractivity contribution is 5.04. The van der Waals surface area contributed by atoms with Crippen molar-refractivity contribution in [2.75, 3.05) is 7.11 Å². The van der Waals surface area contributed by atoms with E-state index in [2.05, 4.69) is 28.1 Å². The lowest BCUT2D eigenvalue weighted by Crippen LogP contribution is -2.54. The topological polar surface area (TPSA) is 39.1 Å². The average Bonchev–Trinajstić information content (AvgIpc) is 3.06. The third kappa shape index (κ3) is 2.51. The van der Waals surface area contributed by atoms with E-state index in [0.717, 1.165) is 6.54 Å². The van der Waals surface area contributed by atoms with E-state index in [1.54, 1.807) is 0 Å². The number of ether oxygens (including phenoxy) is 1. The van der Waals surface area contributed by atoms with Gasteiger partial charge in [0.25, 0.3) is 0 Å². The zero-order chi connectivity index (χ0) is 14.0. The maximum Gasteiger partial charge on any atom is 0.0828 e. The Labute approximate surface area is 121 Å². The molecule has 4 heteroatoms. The van der Waals surface area contributed by atoms with E-state index in [9.17, 15) is 0 Å². The minimum atomic E-state index is 0.0677. The van der Waals surface area contributed by atoms with Gasteiger partial charge in [-0.3, -0.25) is 4.68 Å². The van der Waals surface area contributed by atoms with Crippen LogP contribution in [-0.2, 0) is 11.3 Å². The van der Waals surface area contributed by atoms with E-state index in [-0.39, 0.29) is 5.60 Å². The van der Waals surface area contributed by atoms with Crippen LogP contribution in [0.5, 0.6) is 0 Å². The van der Waals surface area contributed by atoms with Gasteiger partial charge in [-0.1, -0.05) is 12.8 Å². The number of methoxy groups -OCH3 is 1. The maximum atomic E-state index is 5.75. The SMILES string of the molecule is COC1(C(C)NCc2ccnn2C2CCCC2)CCC1. The lowest BCUT2D eigenvalue weighted by Gasteiger charge is -2.45. The molecule has 1 aromatic rings. The Balaban J connectivity index is 1.59. The van der Waals surface area contributed by atoms with Gasteiger partial charge in [-0.2, -0.15) is 5.10 Å². The van der Waals surface area contributed by atoms with Crippen molar-refractivity contribution >= 4 is 0 Å². The van der Waals surface area contributed by atoms with Crippen molar-refractivity contribution in [2.45, 2.75) is 76.1 Å². The van der Waals surface area contributed by atoms with E-state index in [1.165, 1.54) is 50.6 Å². The molecule has 0 spiro atoms. The number of nitrogens with one attached hydrogen (secondary N) is 1. The highest BCUT2D eigenvalue weighted by atomic mass is 16.5. The van der Waals surface area contributed by atoms with Gasteiger partial charge in [0.2, 0.25) is 0 Å². The van der Waals surface area contributed by atoms with Crippen LogP contribution >= 0.6 is 0 Å². The van der Waals surface area contributed by atoms with Crippen molar-refractivity contribution in [2.24, 2.45) is 0 Å². The first-order valence-corrected chi connectivity index (χ1v) is 8.06. The van der Waals surface area contributed by atoms with Gasteiger partial charge in [0.05, 0.1) is 17.3 Å². The van der Waals surface area contributed by atoms with Gasteiger partial charge in [-0.25, -0.2) is 0 Å². The Kier molecular flexibility index (Phi) is 4.13. The van der Waals surface area contributed by atoms with Crippen LogP contribution in [0.3, 0.4) is 0 Å². The molecule has 2 aliphatic carbocycles. The highest BCUT2D eigenvalue weighted by Gasteiger charge is 2.42. The fourth-order valence-corrected chi connectivity index (χ4v) is 3.74. The molecule has 0 saturated heterocycles. The van der Waals surface area contributed by atoms with Gasteiger partial charge >= 0.3 is 0 Å². The van der Waals surface area contributed by atoms with E-state index in [4.69, 9.17) is 4.74 Å². The molecule has 2 saturated carbocycles. The van der Waals surface area contributed by atoms with E-state index in [0.29, 0.717) is 12.1 Å². The molecule has 0 bridgehead atoms. The van der Waals surface area contributed by atoms with Gasteiger partial charge in [0, 0.05) is 25.9 Å². The van der Waals surface area contributed by atoms with Crippen LogP contribution in [0, 0.1) is 0 Å². The fraction of sp³-hybridized carbons (Fsp3) is 0.812. The second kappa shape index (κ2) is 5.86. The highest BCUT2D eigenvalue weighted by Crippen LogP contribution is 2.38. The summed E-state index contributed by atoms with van der Waals surface area (Å²) in [5.74, 6) is 0. The summed E-state index contributed by atoms with van der Waals surface area (Å²) in [6.07, 6.45) is 10.9. The van der Waals surface area contributed by atoms with Crippen molar-refractivity contribution in [1.82, 2.24) is 15.1 Å². The molecular weight excluding hydrogens is 250 g/mol. The molecular formula is C16H27N3O. The Morgan fingerprint density at radius 2 is 2.15 bits per heavy atom. The van der Waals surface area contributed by atoms with E-state index >= 15 is 0 Å². The van der Waals surface area contributed by atoms with Crippen molar-refractivity contribution in [3.63, 3.8) is 0 Å². The third-order valence-electron chi connectivity index (χ3n) is 5.41. The van der Waals surface area contributed by atoms with Gasteiger partial charge in [0.1, 0.15) is 0 Å². The van der Waals surface area contributed by atoms with Crippen LogP contribution in [0.15, 0.2) is 12.3 Å². The summed E-state index contributed by atoms with van der Waals surface area (Å²) in [7, 11) is 1.85. The Bertz CT molecular complexity index is 427. The third-order valence-corrected chi connectivity index (χ3v) is 5.41. The number of aromatic nitrogens is 2. The zero-order valence-corrected chi connectivity index (χ0v) is 12.8. The van der Waals surface area contributed by atoms with Gasteiger partial charge < -0.3 is 10.1 Å². The molecule has 0 aromatic carbocycles. The first kappa shape index (κ1) is 14.1. The van der Waals surface area contributed by atoms with E-state index < -0.39 is 0 Å². The minimum Gasteiger partial charge on any atom is -0.377 e. The molecule has 4 nitrogen and oxygen atoms in total. The van der Waals surface area contributed by atoms with Crippen LogP contribution in [0.4, 0.5) is 0 Å². The van der Waals surface area contributed by atoms with Crippen molar-refractivity contribution in [3.05, 3.63) is 18.0 Å². The number of nitrogens with zero attached hydrogens (tertiary/aromatic N) is 2. The summed E-state index contributed by atoms with van der Waals surface area (Å²) in [4.78, 5) is 0. The molecule has 1 heterocycles. The molecule has 2 fully saturated rings. The summed E-state index contributed by atoms with van der Waals surface area (Å²) in [6, 6.07) is 3.17. The van der Waals surface area contributed by atoms with Crippen LogP contribution in [0.25, 0.3) is 0 Å². The molecule has 2 aliphatic rings. The molecule has 0 radical (unpaired) electrons. The number of hydrogen-bond acceptors (Lipinski definition) is 3. The quantitative estimate of drug-likeness (QED) is 0.868. The molecule has 3 rings (SSSR count). The normalized spacial score (nSPS) is 23.7. The van der Waals surface area contributed by atoms with Crippen molar-refractivity contribution in [1.29, 1.82) is 0 Å². The summed E-state index contributed by atoms with van der Waals surface area (Å²) >= 11 is 0. The monoisotopic (exact) mass is 277 g/mol. The largest absolute Gasteiger partial charge is 0.377 e. The maximum absolute atomic E-state index is 5.75. The minimum absolute atomic E-state index is 0.0677. The standard InChI is InChI=1S/C16H27N3O/c1-13(16(20-2)9-5-10-16)17-12-15-8-11-18-19(15)14-6-3-4-7-14/h8,11,13-14,17H,3-7,9-10,12H2,1-2H3. The average molecular weight is 277 g/mol. The summed E-state index contributed by atoms with van der Waals surface area (Å²) in [5, 5.41) is 8.19. The van der Waals surface area contributed by atoms with Crippen molar-refractivity contribution < 1.29 is 4.74 Å². The second-order valence-electron chi connectivity index (χ2n) is 6.43. The molecule has 0 aliphatic heterocycles. The predicted octanol–water partition coefficient (Wildman–Crippen LogP) is 3.05. The molecule has 112 valence electrons. The van der Waals surface area contributed by atoms with Gasteiger partial charge in [-0.15, -0.1) is 0 Å². The fourth-order valence-electron chi connectivity index (χ4n) is 3.74. The van der Waals surface area contributed by atoms with Gasteiger partial charge in [-0.05, 0) is 45.1 Å². The molecule has 20 heavy (non-hydrogen) atoms. The van der Waals surface area contributed by atoms with Gasteiger partial charge in [0.15, 0.2) is 0 Å². The number of hydrogen-bond donors (Lipinski definition) is 1. The predicted molar refractivity (Wildman–Crippen MR) is 79.6 cm³/mol. The summed E-state index contributed by atoms with van der Waals surface area (Å²) < 4.78 is 7.99. The second-order valence-corrected chi connectivity index (χ2v) is 6.43. The van der Waals surface area contributed by atoms with E-state index in [1.807, 2.05) is 13.3 Å². The zero-order valence-electron chi connectivity index (χ0n) is 12.8. The Morgan fingerprint density at radius 1 is 1.40 bits per heavy atom. The molecule has 1 aromatic heterocycles. The molecule has 1 atom stereocenters. The summed E-state index contributed by atoms with van der Waals surface area (Å²) in [6.45, 7) is 3.14. The molecule has 0 amide bonds. The van der Waals surface area contributed by atoms with Crippen LogP contribution in [0.1, 0.15) is 63.6 Å². The number of rotatable bonds is 6. The molecule has 1 N–H and O–H groups in total. The Morgan fingerprint density at radius 3 is 2.75 bits per heavy atom. The Hall–Kier alpha value is -0.870. The first-order valence-electron chi connectivity index (χ1n) is 8.06. The van der Waals surface area contributed by atoms with Crippen LogP contribution in [-0.4, -0.2) is 28.5 Å².